The fourth-order valence-electron chi connectivity index (χ4n) is 4.28. The van der Waals surface area contributed by atoms with Gasteiger partial charge in [0.25, 0.3) is 0 Å². The van der Waals surface area contributed by atoms with Crippen molar-refractivity contribution in [3.63, 3.8) is 0 Å². The van der Waals surface area contributed by atoms with E-state index < -0.39 is 0 Å². The molecule has 12 nitrogen and oxygen atoms in total. The molecule has 3 aliphatic heterocycles. The zero-order chi connectivity index (χ0) is 21.1. The van der Waals surface area contributed by atoms with Gasteiger partial charge in [-0.25, -0.2) is 0 Å². The van der Waals surface area contributed by atoms with Crippen molar-refractivity contribution in [2.24, 2.45) is 22.9 Å². The van der Waals surface area contributed by atoms with Crippen LogP contribution in [0.1, 0.15) is 19.3 Å². The molecule has 3 fully saturated rings. The van der Waals surface area contributed by atoms with Crippen molar-refractivity contribution in [2.75, 3.05) is 61.1 Å². The first kappa shape index (κ1) is 21.4. The third-order valence-electron chi connectivity index (χ3n) is 5.56. The van der Waals surface area contributed by atoms with Crippen LogP contribution >= 0.6 is 0 Å². The highest BCUT2D eigenvalue weighted by atomic mass is 16.7. The van der Waals surface area contributed by atoms with E-state index in [1.807, 2.05) is 9.80 Å². The highest BCUT2D eigenvalue weighted by Gasteiger charge is 2.28. The van der Waals surface area contributed by atoms with Crippen LogP contribution in [0, 0.1) is 0 Å². The molecule has 1 aromatic rings. The number of hydrogen-bond donors (Lipinski definition) is 5. The molecule has 0 amide bonds. The maximum atomic E-state index is 6.18. The summed E-state index contributed by atoms with van der Waals surface area (Å²) >= 11 is 0. The SMILES string of the molecule is NC1CC(N)CN(c2nc(NCCC3OCCO3)nc(N3CC(N)CC(N)C3)n2)C1. The Balaban J connectivity index is 1.53. The van der Waals surface area contributed by atoms with Crippen molar-refractivity contribution < 1.29 is 9.47 Å². The summed E-state index contributed by atoms with van der Waals surface area (Å²) in [5, 5.41) is 3.27. The number of aromatic nitrogens is 3. The quantitative estimate of drug-likeness (QED) is 0.333. The molecule has 12 heteroatoms. The van der Waals surface area contributed by atoms with Crippen molar-refractivity contribution in [1.29, 1.82) is 0 Å². The molecule has 9 N–H and O–H groups in total. The number of piperidine rings is 2. The van der Waals surface area contributed by atoms with Gasteiger partial charge < -0.3 is 47.5 Å². The van der Waals surface area contributed by atoms with E-state index in [2.05, 4.69) is 15.3 Å². The van der Waals surface area contributed by atoms with Gasteiger partial charge in [-0.15, -0.1) is 0 Å². The molecule has 4 rings (SSSR count). The molecule has 168 valence electrons. The van der Waals surface area contributed by atoms with Crippen LogP contribution in [0.15, 0.2) is 0 Å². The smallest absolute Gasteiger partial charge is 0.232 e. The van der Waals surface area contributed by atoms with Gasteiger partial charge in [-0.1, -0.05) is 0 Å². The molecule has 0 radical (unpaired) electrons. The fraction of sp³-hybridized carbons (Fsp3) is 0.833. The highest BCUT2D eigenvalue weighted by molar-refractivity contribution is 5.46. The Morgan fingerprint density at radius 1 is 0.767 bits per heavy atom. The number of rotatable bonds is 6. The van der Waals surface area contributed by atoms with Crippen LogP contribution in [0.25, 0.3) is 0 Å². The average Bonchev–Trinajstić information content (AvgIpc) is 3.20. The van der Waals surface area contributed by atoms with Gasteiger partial charge in [-0.2, -0.15) is 15.0 Å². The molecule has 4 unspecified atom stereocenters. The van der Waals surface area contributed by atoms with Gasteiger partial charge in [-0.05, 0) is 12.8 Å². The lowest BCUT2D eigenvalue weighted by molar-refractivity contribution is -0.0439. The first-order valence-electron chi connectivity index (χ1n) is 10.7. The van der Waals surface area contributed by atoms with Gasteiger partial charge in [-0.3, -0.25) is 0 Å². The van der Waals surface area contributed by atoms with Crippen molar-refractivity contribution >= 4 is 17.8 Å². The van der Waals surface area contributed by atoms with E-state index in [9.17, 15) is 0 Å². The van der Waals surface area contributed by atoms with E-state index in [4.69, 9.17) is 37.4 Å². The van der Waals surface area contributed by atoms with Crippen LogP contribution in [0.5, 0.6) is 0 Å². The molecular formula is C18H34N10O2. The van der Waals surface area contributed by atoms with E-state index in [1.165, 1.54) is 0 Å². The lowest BCUT2D eigenvalue weighted by Gasteiger charge is -2.37. The minimum Gasteiger partial charge on any atom is -0.354 e. The Kier molecular flexibility index (Phi) is 6.80. The van der Waals surface area contributed by atoms with Crippen molar-refractivity contribution in [1.82, 2.24) is 15.0 Å². The largest absolute Gasteiger partial charge is 0.354 e. The monoisotopic (exact) mass is 422 g/mol. The Bertz CT molecular complexity index is 639. The maximum Gasteiger partial charge on any atom is 0.232 e. The number of nitrogens with zero attached hydrogens (tertiary/aromatic N) is 5. The molecular weight excluding hydrogens is 388 g/mol. The van der Waals surface area contributed by atoms with E-state index in [0.717, 1.165) is 12.8 Å². The van der Waals surface area contributed by atoms with Crippen LogP contribution < -0.4 is 38.1 Å². The first-order valence-corrected chi connectivity index (χ1v) is 10.7. The van der Waals surface area contributed by atoms with Gasteiger partial charge in [0.2, 0.25) is 17.8 Å². The molecule has 4 atom stereocenters. The molecule has 1 aromatic heterocycles. The van der Waals surface area contributed by atoms with Crippen LogP contribution in [0.3, 0.4) is 0 Å². The van der Waals surface area contributed by atoms with Gasteiger partial charge in [0.05, 0.1) is 13.2 Å². The topological polar surface area (TPSA) is 180 Å². The molecule has 0 aromatic carbocycles. The van der Waals surface area contributed by atoms with Gasteiger partial charge >= 0.3 is 0 Å². The summed E-state index contributed by atoms with van der Waals surface area (Å²) in [5.74, 6) is 1.62. The van der Waals surface area contributed by atoms with Crippen LogP contribution in [-0.4, -0.2) is 91.3 Å². The first-order chi connectivity index (χ1) is 14.5. The normalized spacial score (nSPS) is 30.7. The summed E-state index contributed by atoms with van der Waals surface area (Å²) in [5.41, 5.74) is 24.7. The molecule has 30 heavy (non-hydrogen) atoms. The van der Waals surface area contributed by atoms with E-state index >= 15 is 0 Å². The predicted octanol–water partition coefficient (Wildman–Crippen LogP) is -2.22. The second-order valence-electron chi connectivity index (χ2n) is 8.47. The molecule has 4 heterocycles. The minimum atomic E-state index is -0.186. The van der Waals surface area contributed by atoms with Crippen molar-refractivity contribution in [2.45, 2.75) is 49.7 Å². The Hall–Kier alpha value is -1.83. The standard InChI is InChI=1S/C18H34N10O2/c19-11-5-12(20)8-27(7-11)17-24-16(23-2-1-15-29-3-4-30-15)25-18(26-17)28-9-13(21)6-14(22)10-28/h11-15H,1-10,19-22H2,(H,23,24,25,26). The lowest BCUT2D eigenvalue weighted by atomic mass is 10.0. The summed E-state index contributed by atoms with van der Waals surface area (Å²) in [4.78, 5) is 18.0. The number of nitrogens with two attached hydrogens (primary N) is 4. The van der Waals surface area contributed by atoms with E-state index in [1.54, 1.807) is 0 Å². The number of hydrogen-bond acceptors (Lipinski definition) is 12. The van der Waals surface area contributed by atoms with Crippen LogP contribution in [-0.2, 0) is 9.47 Å². The highest BCUT2D eigenvalue weighted by Crippen LogP contribution is 2.22. The van der Waals surface area contributed by atoms with Gasteiger partial charge in [0.1, 0.15) is 0 Å². The summed E-state index contributed by atoms with van der Waals surface area (Å²) < 4.78 is 11.0. The van der Waals surface area contributed by atoms with Crippen LogP contribution in [0.4, 0.5) is 17.8 Å². The molecule has 0 spiro atoms. The van der Waals surface area contributed by atoms with E-state index in [-0.39, 0.29) is 30.5 Å². The zero-order valence-electron chi connectivity index (χ0n) is 17.3. The molecule has 3 saturated heterocycles. The van der Waals surface area contributed by atoms with Crippen molar-refractivity contribution in [3.05, 3.63) is 0 Å². The molecule has 0 saturated carbocycles. The molecule has 3 aliphatic rings. The number of anilines is 3. The average molecular weight is 423 g/mol. The molecule has 0 bridgehead atoms. The summed E-state index contributed by atoms with van der Waals surface area (Å²) in [6, 6.07) is -0.0597. The second-order valence-corrected chi connectivity index (χ2v) is 8.47. The fourth-order valence-corrected chi connectivity index (χ4v) is 4.28. The third kappa shape index (κ3) is 5.45. The van der Waals surface area contributed by atoms with Crippen molar-refractivity contribution in [3.8, 4) is 0 Å². The number of nitrogens with one attached hydrogen (secondary N) is 1. The summed E-state index contributed by atoms with van der Waals surface area (Å²) in [6.07, 6.45) is 2.09. The minimum absolute atomic E-state index is 0.0149. The summed E-state index contributed by atoms with van der Waals surface area (Å²) in [7, 11) is 0. The second kappa shape index (κ2) is 9.54. The maximum absolute atomic E-state index is 6.18. The van der Waals surface area contributed by atoms with E-state index in [0.29, 0.717) is 70.2 Å². The van der Waals surface area contributed by atoms with Gasteiger partial charge in [0.15, 0.2) is 6.29 Å². The molecule has 0 aliphatic carbocycles. The number of ether oxygens (including phenoxy) is 2. The predicted molar refractivity (Wildman–Crippen MR) is 114 cm³/mol. The zero-order valence-corrected chi connectivity index (χ0v) is 17.3. The lowest BCUT2D eigenvalue weighted by Crippen LogP contribution is -2.54. The van der Waals surface area contributed by atoms with Gasteiger partial charge in [0, 0.05) is 63.3 Å². The Labute approximate surface area is 176 Å². The Morgan fingerprint density at radius 2 is 1.23 bits per heavy atom. The van der Waals surface area contributed by atoms with Crippen LogP contribution in [0.2, 0.25) is 0 Å². The Morgan fingerprint density at radius 3 is 1.70 bits per heavy atom. The third-order valence-corrected chi connectivity index (χ3v) is 5.56. The summed E-state index contributed by atoms with van der Waals surface area (Å²) in [6.45, 7) is 4.49.